The first kappa shape index (κ1) is 13.4. The molecule has 0 aromatic rings. The summed E-state index contributed by atoms with van der Waals surface area (Å²) in [6.45, 7) is 0.637. The summed E-state index contributed by atoms with van der Waals surface area (Å²) in [5, 5.41) is 21.5. The molecule has 0 rings (SSSR count). The Morgan fingerprint density at radius 3 is 2.33 bits per heavy atom. The maximum atomic E-state index is 11.1. The number of aliphatic hydroxyl groups excluding tert-OH is 1. The van der Waals surface area contributed by atoms with Gasteiger partial charge in [-0.05, 0) is 0 Å². The molecule has 0 aromatic heterocycles. The average Bonchev–Trinajstić information content (AvgIpc) is 2.14. The van der Waals surface area contributed by atoms with Crippen molar-refractivity contribution in [3.8, 4) is 0 Å². The Morgan fingerprint density at radius 1 is 1.33 bits per heavy atom. The molecule has 86 valence electrons. The lowest BCUT2D eigenvalue weighted by Crippen LogP contribution is -2.45. The Bertz CT molecular complexity index is 253. The zero-order chi connectivity index (χ0) is 11.8. The number of hydrogen-bond acceptors (Lipinski definition) is 4. The monoisotopic (exact) mass is 218 g/mol. The molecule has 0 radical (unpaired) electrons. The predicted octanol–water partition coefficient (Wildman–Crippen LogP) is -1.93. The van der Waals surface area contributed by atoms with Gasteiger partial charge in [0.25, 0.3) is 0 Å². The van der Waals surface area contributed by atoms with Crippen molar-refractivity contribution in [1.82, 2.24) is 10.6 Å². The number of carbonyl (C=O) groups is 3. The highest BCUT2D eigenvalue weighted by Gasteiger charge is 2.18. The Morgan fingerprint density at radius 2 is 1.93 bits per heavy atom. The van der Waals surface area contributed by atoms with Crippen LogP contribution in [-0.2, 0) is 14.4 Å². The van der Waals surface area contributed by atoms with Gasteiger partial charge in [0.2, 0.25) is 11.8 Å². The topological polar surface area (TPSA) is 116 Å². The van der Waals surface area contributed by atoms with E-state index < -0.39 is 17.9 Å². The first-order chi connectivity index (χ1) is 6.97. The van der Waals surface area contributed by atoms with Gasteiger partial charge in [0.05, 0.1) is 6.54 Å². The third-order valence-corrected chi connectivity index (χ3v) is 1.55. The molecule has 0 aliphatic heterocycles. The van der Waals surface area contributed by atoms with Crippen molar-refractivity contribution in [1.29, 1.82) is 0 Å². The molecule has 1 atom stereocenters. The second-order valence-corrected chi connectivity index (χ2v) is 2.88. The largest absolute Gasteiger partial charge is 0.480 e. The highest BCUT2D eigenvalue weighted by molar-refractivity contribution is 5.87. The molecule has 4 N–H and O–H groups in total. The summed E-state index contributed by atoms with van der Waals surface area (Å²) in [7, 11) is 0. The van der Waals surface area contributed by atoms with E-state index in [1.807, 2.05) is 0 Å². The van der Waals surface area contributed by atoms with Gasteiger partial charge in [0, 0.05) is 20.0 Å². The molecule has 0 heterocycles. The van der Waals surface area contributed by atoms with Crippen molar-refractivity contribution in [2.24, 2.45) is 0 Å². The van der Waals surface area contributed by atoms with Crippen LogP contribution in [0.4, 0.5) is 0 Å². The Balaban J connectivity index is 3.99. The van der Waals surface area contributed by atoms with E-state index in [9.17, 15) is 14.4 Å². The number of aliphatic hydroxyl groups is 1. The standard InChI is InChI=1S/C8H14N2O5/c1-5(12)9-4-7(13)10-6(2-3-11)8(14)15/h6,11H,2-4H2,1H3,(H,9,12)(H,10,13)(H,14,15). The van der Waals surface area contributed by atoms with Crippen LogP contribution >= 0.6 is 0 Å². The minimum Gasteiger partial charge on any atom is -0.480 e. The fourth-order valence-corrected chi connectivity index (χ4v) is 0.837. The third-order valence-electron chi connectivity index (χ3n) is 1.55. The van der Waals surface area contributed by atoms with Gasteiger partial charge in [-0.25, -0.2) is 4.79 Å². The van der Waals surface area contributed by atoms with E-state index >= 15 is 0 Å². The van der Waals surface area contributed by atoms with E-state index in [0.717, 1.165) is 0 Å². The Labute approximate surface area is 86.5 Å². The summed E-state index contributed by atoms with van der Waals surface area (Å²) < 4.78 is 0. The summed E-state index contributed by atoms with van der Waals surface area (Å²) in [4.78, 5) is 32.1. The van der Waals surface area contributed by atoms with Gasteiger partial charge < -0.3 is 20.8 Å². The summed E-state index contributed by atoms with van der Waals surface area (Å²) in [6, 6.07) is -1.13. The third kappa shape index (κ3) is 6.44. The van der Waals surface area contributed by atoms with Crippen LogP contribution in [0.3, 0.4) is 0 Å². The molecule has 7 nitrogen and oxygen atoms in total. The summed E-state index contributed by atoms with van der Waals surface area (Å²) >= 11 is 0. The van der Waals surface area contributed by atoms with E-state index in [4.69, 9.17) is 10.2 Å². The van der Waals surface area contributed by atoms with Crippen molar-refractivity contribution in [3.05, 3.63) is 0 Å². The van der Waals surface area contributed by atoms with Crippen molar-refractivity contribution in [2.75, 3.05) is 13.2 Å². The number of aliphatic carboxylic acids is 1. The SMILES string of the molecule is CC(=O)NCC(=O)NC(CCO)C(=O)O. The molecule has 0 aliphatic rings. The minimum absolute atomic E-state index is 0.0683. The van der Waals surface area contributed by atoms with E-state index in [2.05, 4.69) is 10.6 Å². The van der Waals surface area contributed by atoms with Crippen molar-refractivity contribution >= 4 is 17.8 Å². The van der Waals surface area contributed by atoms with Gasteiger partial charge in [-0.2, -0.15) is 0 Å². The van der Waals surface area contributed by atoms with Crippen LogP contribution in [-0.4, -0.2) is 47.2 Å². The average molecular weight is 218 g/mol. The molecule has 0 fully saturated rings. The van der Waals surface area contributed by atoms with Crippen LogP contribution in [0.15, 0.2) is 0 Å². The molecule has 7 heteroatoms. The zero-order valence-electron chi connectivity index (χ0n) is 8.32. The number of nitrogens with one attached hydrogen (secondary N) is 2. The Kier molecular flexibility index (Phi) is 6.03. The van der Waals surface area contributed by atoms with Crippen LogP contribution < -0.4 is 10.6 Å². The van der Waals surface area contributed by atoms with E-state index in [0.29, 0.717) is 0 Å². The van der Waals surface area contributed by atoms with E-state index in [1.54, 1.807) is 0 Å². The molecule has 0 aromatic carbocycles. The molecule has 1 unspecified atom stereocenters. The summed E-state index contributed by atoms with van der Waals surface area (Å²) in [5.74, 6) is -2.20. The van der Waals surface area contributed by atoms with Gasteiger partial charge in [-0.1, -0.05) is 0 Å². The van der Waals surface area contributed by atoms with Gasteiger partial charge in [-0.15, -0.1) is 0 Å². The molecule has 0 aliphatic carbocycles. The maximum Gasteiger partial charge on any atom is 0.326 e. The van der Waals surface area contributed by atoms with Gasteiger partial charge in [0.15, 0.2) is 0 Å². The van der Waals surface area contributed by atoms with Crippen molar-refractivity contribution in [2.45, 2.75) is 19.4 Å². The molecule has 0 saturated carbocycles. The number of hydrogen-bond donors (Lipinski definition) is 4. The molecule has 2 amide bonds. The number of carbonyl (C=O) groups excluding carboxylic acids is 2. The summed E-state index contributed by atoms with van der Waals surface area (Å²) in [5.41, 5.74) is 0. The number of carboxylic acids is 1. The second-order valence-electron chi connectivity index (χ2n) is 2.88. The summed E-state index contributed by atoms with van der Waals surface area (Å²) in [6.07, 6.45) is -0.0683. The Hall–Kier alpha value is -1.63. The van der Waals surface area contributed by atoms with E-state index in [1.165, 1.54) is 6.92 Å². The van der Waals surface area contributed by atoms with E-state index in [-0.39, 0.29) is 25.5 Å². The van der Waals surface area contributed by atoms with Gasteiger partial charge in [-0.3, -0.25) is 9.59 Å². The lowest BCUT2D eigenvalue weighted by atomic mass is 10.2. The number of carboxylic acid groups (broad SMARTS) is 1. The highest BCUT2D eigenvalue weighted by Crippen LogP contribution is 1.90. The normalized spacial score (nSPS) is 11.6. The zero-order valence-corrected chi connectivity index (χ0v) is 8.32. The first-order valence-electron chi connectivity index (χ1n) is 4.34. The molecule has 0 spiro atoms. The number of amides is 2. The predicted molar refractivity (Wildman–Crippen MR) is 50.0 cm³/mol. The van der Waals surface area contributed by atoms with Crippen LogP contribution in [0, 0.1) is 0 Å². The molecule has 0 saturated heterocycles. The van der Waals surface area contributed by atoms with Gasteiger partial charge >= 0.3 is 5.97 Å². The van der Waals surface area contributed by atoms with Crippen molar-refractivity contribution in [3.63, 3.8) is 0 Å². The van der Waals surface area contributed by atoms with Crippen LogP contribution in [0.1, 0.15) is 13.3 Å². The molecular weight excluding hydrogens is 204 g/mol. The first-order valence-corrected chi connectivity index (χ1v) is 4.34. The van der Waals surface area contributed by atoms with Crippen molar-refractivity contribution < 1.29 is 24.6 Å². The van der Waals surface area contributed by atoms with Crippen LogP contribution in [0.5, 0.6) is 0 Å². The molecule has 0 bridgehead atoms. The quantitative estimate of drug-likeness (QED) is 0.414. The smallest absolute Gasteiger partial charge is 0.326 e. The lowest BCUT2D eigenvalue weighted by molar-refractivity contribution is -0.142. The maximum absolute atomic E-state index is 11.1. The van der Waals surface area contributed by atoms with Crippen LogP contribution in [0.2, 0.25) is 0 Å². The molecular formula is C8H14N2O5. The second kappa shape index (κ2) is 6.77. The fourth-order valence-electron chi connectivity index (χ4n) is 0.837. The lowest BCUT2D eigenvalue weighted by Gasteiger charge is -2.12. The number of rotatable bonds is 6. The van der Waals surface area contributed by atoms with Crippen LogP contribution in [0.25, 0.3) is 0 Å². The fraction of sp³-hybridized carbons (Fsp3) is 0.625. The molecule has 15 heavy (non-hydrogen) atoms. The minimum atomic E-state index is -1.22. The van der Waals surface area contributed by atoms with Gasteiger partial charge in [0.1, 0.15) is 6.04 Å². The highest BCUT2D eigenvalue weighted by atomic mass is 16.4.